The molecule has 0 radical (unpaired) electrons. The van der Waals surface area contributed by atoms with Crippen molar-refractivity contribution in [3.05, 3.63) is 59.4 Å². The van der Waals surface area contributed by atoms with E-state index in [1.54, 1.807) is 13.2 Å². The Hall–Kier alpha value is -2.79. The van der Waals surface area contributed by atoms with Crippen molar-refractivity contribution in [1.29, 1.82) is 0 Å². The van der Waals surface area contributed by atoms with Crippen LogP contribution in [0.3, 0.4) is 0 Å². The summed E-state index contributed by atoms with van der Waals surface area (Å²) in [7, 11) is 0. The second-order valence-corrected chi connectivity index (χ2v) is 8.08. The molecule has 1 aliphatic rings. The maximum Gasteiger partial charge on any atom is 0.186 e. The third-order valence-electron chi connectivity index (χ3n) is 5.94. The predicted molar refractivity (Wildman–Crippen MR) is 121 cm³/mol. The first-order valence-electron chi connectivity index (χ1n) is 10.8. The molecule has 1 N–H and O–H groups in total. The minimum Gasteiger partial charge on any atom is -0.488 e. The van der Waals surface area contributed by atoms with Crippen molar-refractivity contribution in [3.8, 4) is 5.75 Å². The van der Waals surface area contributed by atoms with Crippen LogP contribution in [0.1, 0.15) is 41.8 Å². The molecule has 1 atom stereocenters. The van der Waals surface area contributed by atoms with E-state index in [9.17, 15) is 4.79 Å². The van der Waals surface area contributed by atoms with Crippen LogP contribution in [0, 0.1) is 6.92 Å². The van der Waals surface area contributed by atoms with Gasteiger partial charge in [0, 0.05) is 36.6 Å². The molecule has 3 aromatic rings. The zero-order valence-electron chi connectivity index (χ0n) is 18.0. The van der Waals surface area contributed by atoms with Gasteiger partial charge in [-0.05, 0) is 50.8 Å². The minimum absolute atomic E-state index is 0.0606. The Labute approximate surface area is 178 Å². The van der Waals surface area contributed by atoms with E-state index in [0.29, 0.717) is 12.4 Å². The number of Topliss-reactive ketones (excluding diaryl/α,β-unsaturated/α-hetero) is 1. The summed E-state index contributed by atoms with van der Waals surface area (Å²) >= 11 is 0. The standard InChI is InChI=1S/C25H30N2O3/c1-17-16-26-12-13-27(17)23-22(19(3)28)18(2)21-11-15-30-24(21)25(23)29-14-7-10-20-8-5-4-6-9-20/h4-6,8-9,11,15,17,26H,7,10,12-14,16H2,1-3H3. The molecule has 1 fully saturated rings. The molecule has 5 heteroatoms. The number of carbonyl (C=O) groups is 1. The van der Waals surface area contributed by atoms with Crippen molar-refractivity contribution in [2.24, 2.45) is 0 Å². The van der Waals surface area contributed by atoms with E-state index in [-0.39, 0.29) is 11.8 Å². The lowest BCUT2D eigenvalue weighted by Crippen LogP contribution is -2.50. The Balaban J connectivity index is 1.70. The molecular formula is C25H30N2O3. The number of nitrogens with one attached hydrogen (secondary N) is 1. The number of anilines is 1. The fraction of sp³-hybridized carbons (Fsp3) is 0.400. The highest BCUT2D eigenvalue weighted by Gasteiger charge is 2.30. The van der Waals surface area contributed by atoms with Gasteiger partial charge in [-0.2, -0.15) is 0 Å². The Morgan fingerprint density at radius 2 is 2.07 bits per heavy atom. The lowest BCUT2D eigenvalue weighted by molar-refractivity contribution is 0.101. The van der Waals surface area contributed by atoms with Gasteiger partial charge in [0.05, 0.1) is 18.6 Å². The topological polar surface area (TPSA) is 54.7 Å². The van der Waals surface area contributed by atoms with Crippen LogP contribution in [0.25, 0.3) is 11.0 Å². The first-order chi connectivity index (χ1) is 14.6. The molecule has 0 bridgehead atoms. The number of ketones is 1. The van der Waals surface area contributed by atoms with Crippen molar-refractivity contribution in [2.45, 2.75) is 39.7 Å². The summed E-state index contributed by atoms with van der Waals surface area (Å²) in [5.74, 6) is 0.762. The molecule has 0 saturated carbocycles. The zero-order chi connectivity index (χ0) is 21.1. The van der Waals surface area contributed by atoms with Crippen molar-refractivity contribution in [3.63, 3.8) is 0 Å². The molecule has 158 valence electrons. The highest BCUT2D eigenvalue weighted by Crippen LogP contribution is 2.44. The highest BCUT2D eigenvalue weighted by molar-refractivity contribution is 6.09. The molecule has 1 aliphatic heterocycles. The average molecular weight is 407 g/mol. The van der Waals surface area contributed by atoms with Crippen molar-refractivity contribution < 1.29 is 13.9 Å². The monoisotopic (exact) mass is 406 g/mol. The van der Waals surface area contributed by atoms with Gasteiger partial charge in [-0.15, -0.1) is 0 Å². The van der Waals surface area contributed by atoms with Gasteiger partial charge in [0.15, 0.2) is 17.1 Å². The van der Waals surface area contributed by atoms with Crippen LogP contribution in [-0.4, -0.2) is 38.1 Å². The van der Waals surface area contributed by atoms with Crippen LogP contribution in [-0.2, 0) is 6.42 Å². The number of hydrogen-bond acceptors (Lipinski definition) is 5. The zero-order valence-corrected chi connectivity index (χ0v) is 18.0. The van der Waals surface area contributed by atoms with Crippen molar-refractivity contribution in [2.75, 3.05) is 31.1 Å². The largest absolute Gasteiger partial charge is 0.488 e. The molecular weight excluding hydrogens is 376 g/mol. The van der Waals surface area contributed by atoms with Crippen LogP contribution in [0.4, 0.5) is 5.69 Å². The smallest absolute Gasteiger partial charge is 0.186 e. The van der Waals surface area contributed by atoms with Crippen LogP contribution in [0.2, 0.25) is 0 Å². The predicted octanol–water partition coefficient (Wildman–Crippen LogP) is 4.75. The van der Waals surface area contributed by atoms with Gasteiger partial charge in [-0.3, -0.25) is 4.79 Å². The molecule has 2 heterocycles. The van der Waals surface area contributed by atoms with Gasteiger partial charge in [-0.1, -0.05) is 30.3 Å². The number of benzene rings is 2. The molecule has 1 aromatic heterocycles. The SMILES string of the molecule is CC(=O)c1c(N2CCNCC2C)c(OCCCc2ccccc2)c2occc2c1C. The Kier molecular flexibility index (Phi) is 6.09. The number of carbonyl (C=O) groups excluding carboxylic acids is 1. The number of ether oxygens (including phenoxy) is 1. The summed E-state index contributed by atoms with van der Waals surface area (Å²) in [4.78, 5) is 15.0. The highest BCUT2D eigenvalue weighted by atomic mass is 16.5. The molecule has 0 aliphatic carbocycles. The fourth-order valence-corrected chi connectivity index (χ4v) is 4.42. The summed E-state index contributed by atoms with van der Waals surface area (Å²) in [6, 6.07) is 12.6. The van der Waals surface area contributed by atoms with Crippen LogP contribution < -0.4 is 15.0 Å². The maximum atomic E-state index is 12.7. The molecule has 0 amide bonds. The van der Waals surface area contributed by atoms with E-state index in [2.05, 4.69) is 41.4 Å². The average Bonchev–Trinajstić information content (AvgIpc) is 3.23. The number of fused-ring (bicyclic) bond motifs is 1. The van der Waals surface area contributed by atoms with Gasteiger partial charge in [0.1, 0.15) is 0 Å². The maximum absolute atomic E-state index is 12.7. The lowest BCUT2D eigenvalue weighted by Gasteiger charge is -2.38. The first kappa shape index (κ1) is 20.5. The third kappa shape index (κ3) is 3.94. The molecule has 0 spiro atoms. The normalized spacial score (nSPS) is 16.8. The molecule has 4 rings (SSSR count). The molecule has 1 unspecified atom stereocenters. The summed E-state index contributed by atoms with van der Waals surface area (Å²) in [6.45, 7) is 8.97. The van der Waals surface area contributed by atoms with E-state index in [1.807, 2.05) is 19.1 Å². The van der Waals surface area contributed by atoms with E-state index >= 15 is 0 Å². The van der Waals surface area contributed by atoms with Crippen LogP contribution >= 0.6 is 0 Å². The van der Waals surface area contributed by atoms with Gasteiger partial charge in [-0.25, -0.2) is 0 Å². The summed E-state index contributed by atoms with van der Waals surface area (Å²) in [5, 5.41) is 4.38. The van der Waals surface area contributed by atoms with Gasteiger partial charge < -0.3 is 19.4 Å². The number of rotatable bonds is 7. The lowest BCUT2D eigenvalue weighted by atomic mass is 9.96. The first-order valence-corrected chi connectivity index (χ1v) is 10.8. The molecule has 5 nitrogen and oxygen atoms in total. The second-order valence-electron chi connectivity index (χ2n) is 8.08. The van der Waals surface area contributed by atoms with E-state index in [4.69, 9.17) is 9.15 Å². The Bertz CT molecular complexity index is 1030. The fourth-order valence-electron chi connectivity index (χ4n) is 4.42. The number of furan rings is 1. The minimum atomic E-state index is 0.0606. The third-order valence-corrected chi connectivity index (χ3v) is 5.94. The molecule has 1 saturated heterocycles. The van der Waals surface area contributed by atoms with Crippen molar-refractivity contribution in [1.82, 2.24) is 5.32 Å². The van der Waals surface area contributed by atoms with Crippen molar-refractivity contribution >= 4 is 22.4 Å². The second kappa shape index (κ2) is 8.92. The van der Waals surface area contributed by atoms with Gasteiger partial charge in [0.25, 0.3) is 0 Å². The quantitative estimate of drug-likeness (QED) is 0.453. The van der Waals surface area contributed by atoms with E-state index < -0.39 is 0 Å². The Morgan fingerprint density at radius 1 is 1.27 bits per heavy atom. The number of nitrogens with zero attached hydrogens (tertiary/aromatic N) is 1. The summed E-state index contributed by atoms with van der Waals surface area (Å²) < 4.78 is 12.2. The van der Waals surface area contributed by atoms with Crippen LogP contribution in [0.15, 0.2) is 47.1 Å². The number of piperazine rings is 1. The van der Waals surface area contributed by atoms with Gasteiger partial charge in [0.2, 0.25) is 0 Å². The number of hydrogen-bond donors (Lipinski definition) is 1. The molecule has 2 aromatic carbocycles. The van der Waals surface area contributed by atoms with Crippen LogP contribution in [0.5, 0.6) is 5.75 Å². The summed E-state index contributed by atoms with van der Waals surface area (Å²) in [6.07, 6.45) is 3.53. The molecule has 30 heavy (non-hydrogen) atoms. The summed E-state index contributed by atoms with van der Waals surface area (Å²) in [5.41, 5.74) is 4.63. The Morgan fingerprint density at radius 3 is 2.80 bits per heavy atom. The van der Waals surface area contributed by atoms with Gasteiger partial charge >= 0.3 is 0 Å². The van der Waals surface area contributed by atoms with E-state index in [1.165, 1.54) is 5.56 Å². The number of aryl methyl sites for hydroxylation is 2. The van der Waals surface area contributed by atoms with E-state index in [0.717, 1.165) is 60.3 Å².